The van der Waals surface area contributed by atoms with Crippen LogP contribution in [0, 0.1) is 12.7 Å². The van der Waals surface area contributed by atoms with Crippen molar-refractivity contribution in [1.82, 2.24) is 10.5 Å². The van der Waals surface area contributed by atoms with Crippen molar-refractivity contribution in [2.75, 3.05) is 0 Å². The van der Waals surface area contributed by atoms with E-state index >= 15 is 0 Å². The molecule has 1 heterocycles. The van der Waals surface area contributed by atoms with E-state index in [-0.39, 0.29) is 5.82 Å². The monoisotopic (exact) mass is 220 g/mol. The van der Waals surface area contributed by atoms with Crippen molar-refractivity contribution in [3.05, 3.63) is 53.2 Å². The summed E-state index contributed by atoms with van der Waals surface area (Å²) in [6.45, 7) is 3.21. The van der Waals surface area contributed by atoms with Crippen LogP contribution in [0.3, 0.4) is 0 Å². The molecule has 3 nitrogen and oxygen atoms in total. The second-order valence-corrected chi connectivity index (χ2v) is 3.65. The van der Waals surface area contributed by atoms with Gasteiger partial charge in [0.25, 0.3) is 0 Å². The van der Waals surface area contributed by atoms with E-state index in [1.165, 1.54) is 12.1 Å². The maximum Gasteiger partial charge on any atom is 0.150 e. The number of halogens is 1. The van der Waals surface area contributed by atoms with Crippen molar-refractivity contribution in [2.45, 2.75) is 20.0 Å². The maximum absolute atomic E-state index is 12.8. The zero-order valence-electron chi connectivity index (χ0n) is 9.03. The van der Waals surface area contributed by atoms with Crippen molar-refractivity contribution < 1.29 is 8.91 Å². The standard InChI is InChI=1S/C12H13FN2O/c1-9-6-11(13)3-2-10(9)7-14-8-12-4-5-15-16-12/h2-6,14H,7-8H2,1H3. The first-order valence-electron chi connectivity index (χ1n) is 5.11. The van der Waals surface area contributed by atoms with Crippen molar-refractivity contribution >= 4 is 0 Å². The van der Waals surface area contributed by atoms with Crippen LogP contribution in [-0.2, 0) is 13.1 Å². The molecule has 0 radical (unpaired) electrons. The van der Waals surface area contributed by atoms with E-state index in [2.05, 4.69) is 10.5 Å². The van der Waals surface area contributed by atoms with Gasteiger partial charge in [0.1, 0.15) is 11.6 Å². The van der Waals surface area contributed by atoms with Gasteiger partial charge in [-0.15, -0.1) is 0 Å². The number of aryl methyl sites for hydroxylation is 1. The molecule has 1 N–H and O–H groups in total. The van der Waals surface area contributed by atoms with Crippen molar-refractivity contribution in [3.63, 3.8) is 0 Å². The molecule has 0 saturated heterocycles. The fraction of sp³-hybridized carbons (Fsp3) is 0.250. The first-order valence-corrected chi connectivity index (χ1v) is 5.11. The fourth-order valence-electron chi connectivity index (χ4n) is 1.51. The molecule has 0 aliphatic heterocycles. The number of nitrogens with zero attached hydrogens (tertiary/aromatic N) is 1. The Hall–Kier alpha value is -1.68. The van der Waals surface area contributed by atoms with Crippen LogP contribution in [0.25, 0.3) is 0 Å². The van der Waals surface area contributed by atoms with Crippen LogP contribution in [0.1, 0.15) is 16.9 Å². The molecule has 0 atom stereocenters. The molecule has 2 aromatic rings. The number of rotatable bonds is 4. The third kappa shape index (κ3) is 2.67. The molecule has 0 amide bonds. The highest BCUT2D eigenvalue weighted by molar-refractivity contribution is 5.26. The third-order valence-corrected chi connectivity index (χ3v) is 2.41. The van der Waals surface area contributed by atoms with E-state index in [4.69, 9.17) is 4.52 Å². The summed E-state index contributed by atoms with van der Waals surface area (Å²) in [6, 6.07) is 6.60. The fourth-order valence-corrected chi connectivity index (χ4v) is 1.51. The Bertz CT molecular complexity index is 454. The van der Waals surface area contributed by atoms with Crippen LogP contribution in [0.2, 0.25) is 0 Å². The molecular formula is C12H13FN2O. The number of hydrogen-bond acceptors (Lipinski definition) is 3. The lowest BCUT2D eigenvalue weighted by atomic mass is 10.1. The quantitative estimate of drug-likeness (QED) is 0.859. The first kappa shape index (κ1) is 10.8. The highest BCUT2D eigenvalue weighted by atomic mass is 19.1. The van der Waals surface area contributed by atoms with Crippen molar-refractivity contribution in [1.29, 1.82) is 0 Å². The van der Waals surface area contributed by atoms with Gasteiger partial charge >= 0.3 is 0 Å². The van der Waals surface area contributed by atoms with Gasteiger partial charge in [-0.05, 0) is 30.2 Å². The number of benzene rings is 1. The van der Waals surface area contributed by atoms with E-state index in [1.807, 2.05) is 13.0 Å². The number of nitrogens with one attached hydrogen (secondary N) is 1. The SMILES string of the molecule is Cc1cc(F)ccc1CNCc1ccno1. The Kier molecular flexibility index (Phi) is 3.31. The highest BCUT2D eigenvalue weighted by Crippen LogP contribution is 2.09. The summed E-state index contributed by atoms with van der Waals surface area (Å²) in [5, 5.41) is 6.82. The van der Waals surface area contributed by atoms with E-state index in [0.29, 0.717) is 13.1 Å². The molecule has 0 bridgehead atoms. The minimum atomic E-state index is -0.198. The van der Waals surface area contributed by atoms with Gasteiger partial charge < -0.3 is 9.84 Å². The number of aromatic nitrogens is 1. The van der Waals surface area contributed by atoms with E-state index in [9.17, 15) is 4.39 Å². The second-order valence-electron chi connectivity index (χ2n) is 3.65. The molecule has 0 spiro atoms. The van der Waals surface area contributed by atoms with Gasteiger partial charge in [-0.1, -0.05) is 11.2 Å². The molecule has 0 unspecified atom stereocenters. The summed E-state index contributed by atoms with van der Waals surface area (Å²) in [7, 11) is 0. The molecule has 1 aromatic carbocycles. The summed E-state index contributed by atoms with van der Waals surface area (Å²) in [5.74, 6) is 0.594. The molecule has 1 aromatic heterocycles. The predicted molar refractivity (Wildman–Crippen MR) is 58.2 cm³/mol. The van der Waals surface area contributed by atoms with Crippen molar-refractivity contribution in [2.24, 2.45) is 0 Å². The Morgan fingerprint density at radius 2 is 2.19 bits per heavy atom. The lowest BCUT2D eigenvalue weighted by molar-refractivity contribution is 0.372. The van der Waals surface area contributed by atoms with E-state index in [0.717, 1.165) is 16.9 Å². The van der Waals surface area contributed by atoms with Gasteiger partial charge in [-0.2, -0.15) is 0 Å². The number of hydrogen-bond donors (Lipinski definition) is 1. The molecule has 0 saturated carbocycles. The van der Waals surface area contributed by atoms with Crippen LogP contribution < -0.4 is 5.32 Å². The minimum absolute atomic E-state index is 0.198. The molecular weight excluding hydrogens is 207 g/mol. The molecule has 0 fully saturated rings. The summed E-state index contributed by atoms with van der Waals surface area (Å²) >= 11 is 0. The second kappa shape index (κ2) is 4.90. The molecule has 0 aliphatic carbocycles. The van der Waals surface area contributed by atoms with Gasteiger partial charge in [-0.25, -0.2) is 4.39 Å². The van der Waals surface area contributed by atoms with Crippen LogP contribution in [-0.4, -0.2) is 5.16 Å². The van der Waals surface area contributed by atoms with Crippen LogP contribution in [0.15, 0.2) is 35.0 Å². The minimum Gasteiger partial charge on any atom is -0.360 e. The zero-order chi connectivity index (χ0) is 11.4. The van der Waals surface area contributed by atoms with Gasteiger partial charge in [0.15, 0.2) is 0 Å². The molecule has 84 valence electrons. The third-order valence-electron chi connectivity index (χ3n) is 2.41. The van der Waals surface area contributed by atoms with Crippen molar-refractivity contribution in [3.8, 4) is 0 Å². The highest BCUT2D eigenvalue weighted by Gasteiger charge is 2.01. The van der Waals surface area contributed by atoms with E-state index in [1.54, 1.807) is 12.3 Å². The van der Waals surface area contributed by atoms with Gasteiger partial charge in [-0.3, -0.25) is 0 Å². The normalized spacial score (nSPS) is 10.6. The average molecular weight is 220 g/mol. The molecule has 16 heavy (non-hydrogen) atoms. The summed E-state index contributed by atoms with van der Waals surface area (Å²) < 4.78 is 17.8. The smallest absolute Gasteiger partial charge is 0.150 e. The zero-order valence-corrected chi connectivity index (χ0v) is 9.03. The molecule has 0 aliphatic rings. The Labute approximate surface area is 93.3 Å². The summed E-state index contributed by atoms with van der Waals surface area (Å²) in [6.07, 6.45) is 1.61. The topological polar surface area (TPSA) is 38.1 Å². The largest absolute Gasteiger partial charge is 0.360 e. The average Bonchev–Trinajstić information content (AvgIpc) is 2.74. The lowest BCUT2D eigenvalue weighted by Gasteiger charge is -2.06. The van der Waals surface area contributed by atoms with Gasteiger partial charge in [0.05, 0.1) is 12.7 Å². The Morgan fingerprint density at radius 1 is 1.31 bits per heavy atom. The Morgan fingerprint density at radius 3 is 2.88 bits per heavy atom. The lowest BCUT2D eigenvalue weighted by Crippen LogP contribution is -2.13. The van der Waals surface area contributed by atoms with Crippen LogP contribution in [0.4, 0.5) is 4.39 Å². The first-order chi connectivity index (χ1) is 7.75. The summed E-state index contributed by atoms with van der Waals surface area (Å²) in [4.78, 5) is 0. The Balaban J connectivity index is 1.90. The van der Waals surface area contributed by atoms with Gasteiger partial charge in [0, 0.05) is 12.6 Å². The van der Waals surface area contributed by atoms with Crippen LogP contribution in [0.5, 0.6) is 0 Å². The van der Waals surface area contributed by atoms with E-state index < -0.39 is 0 Å². The van der Waals surface area contributed by atoms with Crippen LogP contribution >= 0.6 is 0 Å². The van der Waals surface area contributed by atoms with Gasteiger partial charge in [0.2, 0.25) is 0 Å². The molecule has 2 rings (SSSR count). The predicted octanol–water partition coefficient (Wildman–Crippen LogP) is 2.41. The maximum atomic E-state index is 12.8. The summed E-state index contributed by atoms with van der Waals surface area (Å²) in [5.41, 5.74) is 2.03. The molecule has 4 heteroatoms.